The van der Waals surface area contributed by atoms with E-state index in [-0.39, 0.29) is 5.69 Å². The Morgan fingerprint density at radius 3 is 2.00 bits per heavy atom. The van der Waals surface area contributed by atoms with Gasteiger partial charge in [-0.25, -0.2) is 9.59 Å². The number of nitro benzene ring substituents is 1. The van der Waals surface area contributed by atoms with Gasteiger partial charge in [-0.2, -0.15) is 0 Å². The van der Waals surface area contributed by atoms with Gasteiger partial charge >= 0.3 is 11.9 Å². The molecule has 8 heteroatoms. The number of esters is 2. The Morgan fingerprint density at radius 1 is 1.05 bits per heavy atom. The minimum Gasteiger partial charge on any atom is -0.465 e. The molecule has 1 aromatic rings. The van der Waals surface area contributed by atoms with Gasteiger partial charge in [0.15, 0.2) is 0 Å². The molecule has 0 aromatic heterocycles. The molecule has 0 saturated carbocycles. The van der Waals surface area contributed by atoms with Gasteiger partial charge in [-0.05, 0) is 23.8 Å². The molecule has 0 aliphatic rings. The average Bonchev–Trinajstić information content (AvgIpc) is 2.50. The minimum atomic E-state index is -1.21. The van der Waals surface area contributed by atoms with Crippen LogP contribution in [0.2, 0.25) is 0 Å². The van der Waals surface area contributed by atoms with Crippen LogP contribution in [0.5, 0.6) is 0 Å². The first-order chi connectivity index (χ1) is 9.90. The molecule has 0 aliphatic heterocycles. The Kier molecular flexibility index (Phi) is 5.30. The monoisotopic (exact) mass is 293 g/mol. The first-order valence-electron chi connectivity index (χ1n) is 5.57. The number of carbonyl (C=O) groups is 3. The Balaban J connectivity index is 3.19. The number of methoxy groups -OCH3 is 2. The lowest BCUT2D eigenvalue weighted by Crippen LogP contribution is -2.23. The summed E-state index contributed by atoms with van der Waals surface area (Å²) in [5.41, 5.74) is -0.359. The first-order valence-corrected chi connectivity index (χ1v) is 5.57. The maximum absolute atomic E-state index is 11.7. The highest BCUT2D eigenvalue weighted by molar-refractivity contribution is 6.47. The summed E-state index contributed by atoms with van der Waals surface area (Å²) in [7, 11) is 2.05. The van der Waals surface area contributed by atoms with Crippen molar-refractivity contribution in [1.29, 1.82) is 0 Å². The van der Waals surface area contributed by atoms with Crippen LogP contribution in [-0.2, 0) is 23.9 Å². The fourth-order valence-corrected chi connectivity index (χ4v) is 1.39. The van der Waals surface area contributed by atoms with Crippen LogP contribution in [0.1, 0.15) is 5.56 Å². The normalized spacial score (nSPS) is 10.7. The van der Waals surface area contributed by atoms with E-state index in [0.29, 0.717) is 5.56 Å². The standard InChI is InChI=1S/C13H11NO7/c1-20-12(16)10(11(15)13(17)21-2)7-8-3-5-9(6-4-8)14(18)19/h3-7H,1-2H3/b10-7+. The fourth-order valence-electron chi connectivity index (χ4n) is 1.39. The van der Waals surface area contributed by atoms with Crippen molar-refractivity contribution >= 4 is 29.5 Å². The third-order valence-corrected chi connectivity index (χ3v) is 2.44. The largest absolute Gasteiger partial charge is 0.465 e. The Bertz CT molecular complexity index is 616. The Labute approximate surface area is 119 Å². The molecule has 0 amide bonds. The summed E-state index contributed by atoms with van der Waals surface area (Å²) in [6.07, 6.45) is 1.09. The van der Waals surface area contributed by atoms with Crippen LogP contribution in [0.4, 0.5) is 5.69 Å². The van der Waals surface area contributed by atoms with Crippen LogP contribution >= 0.6 is 0 Å². The molecule has 0 radical (unpaired) electrons. The minimum absolute atomic E-state index is 0.147. The lowest BCUT2D eigenvalue weighted by Gasteiger charge is -2.03. The summed E-state index contributed by atoms with van der Waals surface area (Å²) >= 11 is 0. The molecule has 0 fully saturated rings. The number of rotatable bonds is 5. The van der Waals surface area contributed by atoms with Crippen LogP contribution in [0.15, 0.2) is 29.8 Å². The molecule has 0 bridgehead atoms. The zero-order valence-electron chi connectivity index (χ0n) is 11.2. The summed E-state index contributed by atoms with van der Waals surface area (Å²) < 4.78 is 8.67. The molecule has 0 saturated heterocycles. The van der Waals surface area contributed by atoms with Crippen molar-refractivity contribution in [3.8, 4) is 0 Å². The van der Waals surface area contributed by atoms with E-state index in [9.17, 15) is 24.5 Å². The van der Waals surface area contributed by atoms with E-state index in [2.05, 4.69) is 9.47 Å². The van der Waals surface area contributed by atoms with Crippen molar-refractivity contribution in [2.24, 2.45) is 0 Å². The SMILES string of the molecule is COC(=O)C(=O)/C(=C\c1ccc([N+](=O)[O-])cc1)C(=O)OC. The van der Waals surface area contributed by atoms with Crippen molar-refractivity contribution in [3.63, 3.8) is 0 Å². The van der Waals surface area contributed by atoms with Crippen molar-refractivity contribution in [3.05, 3.63) is 45.5 Å². The number of Topliss-reactive ketones (excluding diaryl/α,β-unsaturated/α-hetero) is 1. The summed E-state index contributed by atoms with van der Waals surface area (Å²) in [5.74, 6) is -3.39. The lowest BCUT2D eigenvalue weighted by atomic mass is 10.1. The zero-order chi connectivity index (χ0) is 16.0. The number of nitro groups is 1. The first kappa shape index (κ1) is 16.0. The van der Waals surface area contributed by atoms with E-state index < -0.39 is 28.2 Å². The van der Waals surface area contributed by atoms with Gasteiger partial charge in [0.1, 0.15) is 5.57 Å². The van der Waals surface area contributed by atoms with Gasteiger partial charge in [-0.15, -0.1) is 0 Å². The highest BCUT2D eigenvalue weighted by Crippen LogP contribution is 2.15. The molecule has 110 valence electrons. The maximum atomic E-state index is 11.7. The van der Waals surface area contributed by atoms with Crippen molar-refractivity contribution in [1.82, 2.24) is 0 Å². The van der Waals surface area contributed by atoms with Crippen molar-refractivity contribution in [2.45, 2.75) is 0 Å². The van der Waals surface area contributed by atoms with Gasteiger partial charge in [0.2, 0.25) is 0 Å². The van der Waals surface area contributed by atoms with Gasteiger partial charge in [-0.3, -0.25) is 14.9 Å². The number of benzene rings is 1. The lowest BCUT2D eigenvalue weighted by molar-refractivity contribution is -0.384. The molecule has 0 atom stereocenters. The zero-order valence-corrected chi connectivity index (χ0v) is 11.2. The van der Waals surface area contributed by atoms with E-state index in [4.69, 9.17) is 0 Å². The quantitative estimate of drug-likeness (QED) is 0.151. The third kappa shape index (κ3) is 3.96. The summed E-state index contributed by atoms with van der Waals surface area (Å²) in [5, 5.41) is 10.5. The summed E-state index contributed by atoms with van der Waals surface area (Å²) in [6.45, 7) is 0. The highest BCUT2D eigenvalue weighted by atomic mass is 16.6. The summed E-state index contributed by atoms with van der Waals surface area (Å²) in [4.78, 5) is 44.4. The molecule has 0 unspecified atom stereocenters. The smallest absolute Gasteiger partial charge is 0.379 e. The molecule has 8 nitrogen and oxygen atoms in total. The average molecular weight is 293 g/mol. The predicted molar refractivity (Wildman–Crippen MR) is 70.1 cm³/mol. The number of non-ortho nitro benzene ring substituents is 1. The number of carbonyl (C=O) groups excluding carboxylic acids is 3. The molecule has 0 N–H and O–H groups in total. The van der Waals surface area contributed by atoms with Crippen LogP contribution in [0, 0.1) is 10.1 Å². The highest BCUT2D eigenvalue weighted by Gasteiger charge is 2.26. The summed E-state index contributed by atoms with van der Waals surface area (Å²) in [6, 6.07) is 5.05. The topological polar surface area (TPSA) is 113 Å². The van der Waals surface area contributed by atoms with Gasteiger partial charge in [0.05, 0.1) is 19.1 Å². The molecule has 0 heterocycles. The van der Waals surface area contributed by atoms with Crippen LogP contribution in [0.3, 0.4) is 0 Å². The second kappa shape index (κ2) is 6.94. The maximum Gasteiger partial charge on any atom is 0.379 e. The Hall–Kier alpha value is -3.03. The van der Waals surface area contributed by atoms with Crippen molar-refractivity contribution in [2.75, 3.05) is 14.2 Å². The van der Waals surface area contributed by atoms with Crippen LogP contribution < -0.4 is 0 Å². The predicted octanol–water partition coefficient (Wildman–Crippen LogP) is 0.893. The molecular weight excluding hydrogens is 282 g/mol. The molecular formula is C13H11NO7. The van der Waals surface area contributed by atoms with Crippen molar-refractivity contribution < 1.29 is 28.8 Å². The molecule has 0 spiro atoms. The number of ether oxygens (including phenoxy) is 2. The van der Waals surface area contributed by atoms with Crippen LogP contribution in [0.25, 0.3) is 6.08 Å². The van der Waals surface area contributed by atoms with Crippen LogP contribution in [-0.4, -0.2) is 36.9 Å². The van der Waals surface area contributed by atoms with E-state index >= 15 is 0 Å². The van der Waals surface area contributed by atoms with E-state index in [1.165, 1.54) is 24.3 Å². The molecule has 0 aliphatic carbocycles. The fraction of sp³-hybridized carbons (Fsp3) is 0.154. The van der Waals surface area contributed by atoms with E-state index in [1.807, 2.05) is 0 Å². The number of nitrogens with zero attached hydrogens (tertiary/aromatic N) is 1. The molecule has 1 rings (SSSR count). The van der Waals surface area contributed by atoms with E-state index in [1.54, 1.807) is 0 Å². The third-order valence-electron chi connectivity index (χ3n) is 2.44. The second-order valence-electron chi connectivity index (χ2n) is 3.72. The Morgan fingerprint density at radius 2 is 1.57 bits per heavy atom. The second-order valence-corrected chi connectivity index (χ2v) is 3.72. The van der Waals surface area contributed by atoms with Gasteiger partial charge in [0.25, 0.3) is 11.5 Å². The number of ketones is 1. The molecule has 1 aromatic carbocycles. The number of hydrogen-bond donors (Lipinski definition) is 0. The molecule has 21 heavy (non-hydrogen) atoms. The van der Waals surface area contributed by atoms with Gasteiger partial charge in [0, 0.05) is 12.1 Å². The van der Waals surface area contributed by atoms with E-state index in [0.717, 1.165) is 20.3 Å². The van der Waals surface area contributed by atoms with Gasteiger partial charge < -0.3 is 9.47 Å². The van der Waals surface area contributed by atoms with Gasteiger partial charge in [-0.1, -0.05) is 0 Å². The number of hydrogen-bond acceptors (Lipinski definition) is 7.